The molecule has 1 fully saturated rings. The van der Waals surface area contributed by atoms with Crippen LogP contribution < -0.4 is 5.32 Å². The summed E-state index contributed by atoms with van der Waals surface area (Å²) in [7, 11) is 0. The Balaban J connectivity index is 1.77. The fraction of sp³-hybridized carbons (Fsp3) is 0.417. The summed E-state index contributed by atoms with van der Waals surface area (Å²) in [5, 5.41) is 4.71. The number of halogens is 3. The molecule has 2 aromatic carbocycles. The summed E-state index contributed by atoms with van der Waals surface area (Å²) in [4.78, 5) is 27.9. The zero-order chi connectivity index (χ0) is 22.4. The minimum atomic E-state index is -0.615. The van der Waals surface area contributed by atoms with Crippen LogP contribution in [-0.2, 0) is 22.6 Å². The molecule has 1 aliphatic rings. The molecule has 0 aromatic heterocycles. The van der Waals surface area contributed by atoms with Crippen molar-refractivity contribution < 1.29 is 9.59 Å². The molecule has 1 saturated carbocycles. The molecule has 2 amide bonds. The van der Waals surface area contributed by atoms with Crippen molar-refractivity contribution in [2.75, 3.05) is 0 Å². The van der Waals surface area contributed by atoms with E-state index in [9.17, 15) is 9.59 Å². The maximum absolute atomic E-state index is 13.3. The topological polar surface area (TPSA) is 49.4 Å². The predicted octanol–water partition coefficient (Wildman–Crippen LogP) is 6.06. The smallest absolute Gasteiger partial charge is 0.242 e. The number of nitrogens with one attached hydrogen (secondary N) is 1. The van der Waals surface area contributed by atoms with Gasteiger partial charge in [0.2, 0.25) is 11.8 Å². The first-order valence-electron chi connectivity index (χ1n) is 10.6. The molecule has 1 aliphatic carbocycles. The minimum Gasteiger partial charge on any atom is -0.352 e. The molecule has 0 heterocycles. The summed E-state index contributed by atoms with van der Waals surface area (Å²) in [6.07, 6.45) is 5.53. The molecule has 7 heteroatoms. The Morgan fingerprint density at radius 1 is 1.00 bits per heavy atom. The highest BCUT2D eigenvalue weighted by Gasteiger charge is 2.28. The lowest BCUT2D eigenvalue weighted by atomic mass is 9.95. The molecule has 0 aliphatic heterocycles. The Hall–Kier alpha value is -1.75. The molecule has 3 rings (SSSR count). The van der Waals surface area contributed by atoms with Crippen molar-refractivity contribution in [1.29, 1.82) is 0 Å². The molecule has 2 aromatic rings. The number of amides is 2. The zero-order valence-corrected chi connectivity index (χ0v) is 19.8. The van der Waals surface area contributed by atoms with E-state index in [0.29, 0.717) is 27.2 Å². The van der Waals surface area contributed by atoms with Crippen LogP contribution in [0, 0.1) is 0 Å². The Morgan fingerprint density at radius 2 is 1.65 bits per heavy atom. The highest BCUT2D eigenvalue weighted by molar-refractivity contribution is 6.35. The lowest BCUT2D eigenvalue weighted by molar-refractivity contribution is -0.140. The van der Waals surface area contributed by atoms with Crippen LogP contribution in [0.2, 0.25) is 15.1 Å². The van der Waals surface area contributed by atoms with Crippen LogP contribution in [0.3, 0.4) is 0 Å². The third-order valence-corrected chi connectivity index (χ3v) is 6.58. The Bertz CT molecular complexity index is 912. The molecule has 0 spiro atoms. The van der Waals surface area contributed by atoms with Gasteiger partial charge in [-0.2, -0.15) is 0 Å². The maximum Gasteiger partial charge on any atom is 0.242 e. The van der Waals surface area contributed by atoms with Gasteiger partial charge in [-0.3, -0.25) is 9.59 Å². The van der Waals surface area contributed by atoms with E-state index in [0.717, 1.165) is 31.2 Å². The van der Waals surface area contributed by atoms with E-state index in [1.54, 1.807) is 42.2 Å². The quantitative estimate of drug-likeness (QED) is 0.523. The molecule has 1 atom stereocenters. The molecule has 4 nitrogen and oxygen atoms in total. The average molecular weight is 482 g/mol. The summed E-state index contributed by atoms with van der Waals surface area (Å²) in [6, 6.07) is 11.9. The lowest BCUT2D eigenvalue weighted by Gasteiger charge is -2.31. The Morgan fingerprint density at radius 3 is 2.29 bits per heavy atom. The Kier molecular flexibility index (Phi) is 8.65. The Labute approximate surface area is 198 Å². The number of carbonyl (C=O) groups is 2. The van der Waals surface area contributed by atoms with Gasteiger partial charge in [0.15, 0.2) is 0 Å². The number of benzene rings is 2. The van der Waals surface area contributed by atoms with Gasteiger partial charge in [0.25, 0.3) is 0 Å². The summed E-state index contributed by atoms with van der Waals surface area (Å²) < 4.78 is 0. The predicted molar refractivity (Wildman–Crippen MR) is 127 cm³/mol. The zero-order valence-electron chi connectivity index (χ0n) is 17.5. The van der Waals surface area contributed by atoms with Crippen molar-refractivity contribution in [3.05, 3.63) is 68.7 Å². The van der Waals surface area contributed by atoms with Crippen LogP contribution in [-0.4, -0.2) is 28.8 Å². The monoisotopic (exact) mass is 480 g/mol. The van der Waals surface area contributed by atoms with Crippen molar-refractivity contribution in [1.82, 2.24) is 10.2 Å². The first kappa shape index (κ1) is 23.9. The van der Waals surface area contributed by atoms with Gasteiger partial charge in [0.05, 0.1) is 6.42 Å². The van der Waals surface area contributed by atoms with Gasteiger partial charge in [-0.25, -0.2) is 0 Å². The second-order valence-corrected chi connectivity index (χ2v) is 9.36. The highest BCUT2D eigenvalue weighted by atomic mass is 35.5. The van der Waals surface area contributed by atoms with Crippen LogP contribution in [0.5, 0.6) is 0 Å². The van der Waals surface area contributed by atoms with E-state index in [1.165, 1.54) is 6.42 Å². The molecule has 0 radical (unpaired) electrons. The average Bonchev–Trinajstić information content (AvgIpc) is 2.75. The van der Waals surface area contributed by atoms with Crippen LogP contribution in [0.15, 0.2) is 42.5 Å². The lowest BCUT2D eigenvalue weighted by Crippen LogP contribution is -2.50. The molecule has 1 unspecified atom stereocenters. The first-order valence-corrected chi connectivity index (χ1v) is 11.7. The van der Waals surface area contributed by atoms with E-state index in [2.05, 4.69) is 5.32 Å². The number of carbonyl (C=O) groups excluding carboxylic acids is 2. The number of hydrogen-bond donors (Lipinski definition) is 1. The van der Waals surface area contributed by atoms with Gasteiger partial charge in [0, 0.05) is 27.7 Å². The fourth-order valence-electron chi connectivity index (χ4n) is 3.87. The van der Waals surface area contributed by atoms with Gasteiger partial charge in [0.1, 0.15) is 6.04 Å². The van der Waals surface area contributed by atoms with Crippen molar-refractivity contribution in [3.63, 3.8) is 0 Å². The van der Waals surface area contributed by atoms with Crippen LogP contribution in [0.25, 0.3) is 0 Å². The fourth-order valence-corrected chi connectivity index (χ4v) is 4.47. The number of hydrogen-bond acceptors (Lipinski definition) is 2. The van der Waals surface area contributed by atoms with E-state index in [-0.39, 0.29) is 24.3 Å². The highest BCUT2D eigenvalue weighted by Crippen LogP contribution is 2.23. The molecular formula is C24H27Cl3N2O2. The summed E-state index contributed by atoms with van der Waals surface area (Å²) in [6.45, 7) is 2.08. The van der Waals surface area contributed by atoms with Gasteiger partial charge in [-0.15, -0.1) is 0 Å². The molecule has 0 bridgehead atoms. The van der Waals surface area contributed by atoms with Gasteiger partial charge in [-0.1, -0.05) is 72.3 Å². The van der Waals surface area contributed by atoms with Crippen molar-refractivity contribution in [2.45, 2.75) is 64.1 Å². The largest absolute Gasteiger partial charge is 0.352 e. The molecule has 0 saturated heterocycles. The maximum atomic E-state index is 13.3. The van der Waals surface area contributed by atoms with E-state index in [1.807, 2.05) is 12.1 Å². The van der Waals surface area contributed by atoms with Gasteiger partial charge < -0.3 is 10.2 Å². The third-order valence-electron chi connectivity index (χ3n) is 5.74. The van der Waals surface area contributed by atoms with Crippen LogP contribution in [0.1, 0.15) is 50.2 Å². The van der Waals surface area contributed by atoms with Crippen LogP contribution in [0.4, 0.5) is 0 Å². The standard InChI is InChI=1S/C24H27Cl3N2O2/c1-16(24(31)28-21-5-3-2-4-6-21)29(15-17-7-10-19(25)11-8-17)23(30)13-18-9-12-20(26)14-22(18)27/h7-12,14,16,21H,2-6,13,15H2,1H3,(H,28,31). The van der Waals surface area contributed by atoms with E-state index >= 15 is 0 Å². The molecule has 166 valence electrons. The molecule has 31 heavy (non-hydrogen) atoms. The van der Waals surface area contributed by atoms with Crippen molar-refractivity contribution >= 4 is 46.6 Å². The summed E-state index contributed by atoms with van der Waals surface area (Å²) in [5.74, 6) is -0.304. The second kappa shape index (κ2) is 11.2. The number of nitrogens with zero attached hydrogens (tertiary/aromatic N) is 1. The second-order valence-electron chi connectivity index (χ2n) is 8.08. The van der Waals surface area contributed by atoms with Gasteiger partial charge in [-0.05, 0) is 55.2 Å². The molecular weight excluding hydrogens is 455 g/mol. The minimum absolute atomic E-state index is 0.0879. The van der Waals surface area contributed by atoms with Crippen LogP contribution >= 0.6 is 34.8 Å². The summed E-state index contributed by atoms with van der Waals surface area (Å²) >= 11 is 18.3. The van der Waals surface area contributed by atoms with E-state index in [4.69, 9.17) is 34.8 Å². The normalized spacial score (nSPS) is 15.4. The first-order chi connectivity index (χ1) is 14.8. The number of rotatable bonds is 7. The third kappa shape index (κ3) is 6.86. The SMILES string of the molecule is CC(C(=O)NC1CCCCC1)N(Cc1ccc(Cl)cc1)C(=O)Cc1ccc(Cl)cc1Cl. The summed E-state index contributed by atoms with van der Waals surface area (Å²) in [5.41, 5.74) is 1.58. The van der Waals surface area contributed by atoms with Crippen molar-refractivity contribution in [3.8, 4) is 0 Å². The molecule has 1 N–H and O–H groups in total. The van der Waals surface area contributed by atoms with Gasteiger partial charge >= 0.3 is 0 Å². The van der Waals surface area contributed by atoms with Crippen molar-refractivity contribution in [2.24, 2.45) is 0 Å². The van der Waals surface area contributed by atoms with E-state index < -0.39 is 6.04 Å².